The van der Waals surface area contributed by atoms with Crippen LogP contribution in [0.4, 0.5) is 0 Å². The van der Waals surface area contributed by atoms with Crippen LogP contribution < -0.4 is 5.32 Å². The number of nitrogens with one attached hydrogen (secondary N) is 1. The van der Waals surface area contributed by atoms with E-state index in [2.05, 4.69) is 20.8 Å². The predicted octanol–water partition coefficient (Wildman–Crippen LogP) is 1.17. The Bertz CT molecular complexity index is 487. The van der Waals surface area contributed by atoms with Crippen molar-refractivity contribution in [1.82, 2.24) is 25.5 Å². The highest BCUT2D eigenvalue weighted by atomic mass is 32.2. The number of thioether (sulfide) groups is 1. The molecule has 1 aromatic rings. The van der Waals surface area contributed by atoms with E-state index >= 15 is 0 Å². The van der Waals surface area contributed by atoms with Crippen LogP contribution in [0, 0.1) is 0 Å². The molecule has 0 spiro atoms. The summed E-state index contributed by atoms with van der Waals surface area (Å²) >= 11 is 1.61. The molecule has 2 aliphatic carbocycles. The van der Waals surface area contributed by atoms with Gasteiger partial charge in [0.1, 0.15) is 6.04 Å². The molecule has 8 heteroatoms. The zero-order chi connectivity index (χ0) is 14.7. The van der Waals surface area contributed by atoms with Crippen molar-refractivity contribution in [2.24, 2.45) is 0 Å². The third-order valence-corrected chi connectivity index (χ3v) is 4.55. The van der Waals surface area contributed by atoms with Crippen molar-refractivity contribution < 1.29 is 9.53 Å². The zero-order valence-electron chi connectivity index (χ0n) is 12.2. The van der Waals surface area contributed by atoms with Gasteiger partial charge in [0, 0.05) is 11.8 Å². The Labute approximate surface area is 128 Å². The molecule has 0 aromatic carbocycles. The van der Waals surface area contributed by atoms with E-state index in [1.54, 1.807) is 11.8 Å². The van der Waals surface area contributed by atoms with Gasteiger partial charge in [-0.05, 0) is 49.5 Å². The van der Waals surface area contributed by atoms with Crippen LogP contribution in [0.2, 0.25) is 0 Å². The lowest BCUT2D eigenvalue weighted by Gasteiger charge is -2.16. The van der Waals surface area contributed by atoms with Gasteiger partial charge >= 0.3 is 5.97 Å². The van der Waals surface area contributed by atoms with Gasteiger partial charge in [-0.15, -0.1) is 5.10 Å². The monoisotopic (exact) mass is 311 g/mol. The minimum Gasteiger partial charge on any atom is -0.465 e. The van der Waals surface area contributed by atoms with Gasteiger partial charge in [0.2, 0.25) is 5.16 Å². The smallest absolute Gasteiger partial charge is 0.323 e. The first kappa shape index (κ1) is 14.8. The topological polar surface area (TPSA) is 81.9 Å². The molecule has 2 saturated carbocycles. The summed E-state index contributed by atoms with van der Waals surface area (Å²) in [6.07, 6.45) is 5.37. The summed E-state index contributed by atoms with van der Waals surface area (Å²) in [6.45, 7) is 2.26. The summed E-state index contributed by atoms with van der Waals surface area (Å²) in [7, 11) is 0. The Hall–Kier alpha value is -1.15. The molecule has 3 rings (SSSR count). The second-order valence-electron chi connectivity index (χ2n) is 5.52. The summed E-state index contributed by atoms with van der Waals surface area (Å²) in [5, 5.41) is 16.0. The zero-order valence-corrected chi connectivity index (χ0v) is 13.0. The van der Waals surface area contributed by atoms with E-state index in [1.165, 1.54) is 0 Å². The molecular weight excluding hydrogens is 290 g/mol. The maximum atomic E-state index is 11.9. The summed E-state index contributed by atoms with van der Waals surface area (Å²) in [6, 6.07) is 0.754. The summed E-state index contributed by atoms with van der Waals surface area (Å²) < 4.78 is 7.04. The van der Waals surface area contributed by atoms with Gasteiger partial charge in [-0.3, -0.25) is 4.79 Å². The lowest BCUT2D eigenvalue weighted by Crippen LogP contribution is -2.39. The highest BCUT2D eigenvalue weighted by molar-refractivity contribution is 7.99. The Balaban J connectivity index is 1.48. The lowest BCUT2D eigenvalue weighted by molar-refractivity contribution is -0.145. The van der Waals surface area contributed by atoms with Crippen molar-refractivity contribution in [2.45, 2.75) is 62.3 Å². The predicted molar refractivity (Wildman–Crippen MR) is 78.0 cm³/mol. The van der Waals surface area contributed by atoms with E-state index in [1.807, 2.05) is 11.6 Å². The molecular formula is C13H21N5O2S. The molecule has 1 aromatic heterocycles. The fourth-order valence-electron chi connectivity index (χ4n) is 2.14. The van der Waals surface area contributed by atoms with E-state index in [0.717, 1.165) is 43.0 Å². The van der Waals surface area contributed by atoms with Gasteiger partial charge in [-0.25, -0.2) is 4.68 Å². The van der Waals surface area contributed by atoms with E-state index in [9.17, 15) is 4.79 Å². The third kappa shape index (κ3) is 4.16. The van der Waals surface area contributed by atoms with E-state index in [0.29, 0.717) is 18.7 Å². The second-order valence-corrected chi connectivity index (χ2v) is 6.58. The standard InChI is InChI=1S/C13H21N5O2S/c1-2-20-12(19)11(14-9-3-4-9)7-8-21-13-15-16-17-18(13)10-5-6-10/h9-11,14H,2-8H2,1H3. The highest BCUT2D eigenvalue weighted by Gasteiger charge is 2.30. The average Bonchev–Trinajstić information content (AvgIpc) is 3.39. The fourth-order valence-corrected chi connectivity index (χ4v) is 3.09. The molecule has 0 saturated heterocycles. The van der Waals surface area contributed by atoms with Gasteiger partial charge < -0.3 is 10.1 Å². The number of esters is 1. The minimum absolute atomic E-state index is 0.146. The van der Waals surface area contributed by atoms with Crippen LogP contribution in [0.5, 0.6) is 0 Å². The average molecular weight is 311 g/mol. The highest BCUT2D eigenvalue weighted by Crippen LogP contribution is 2.36. The van der Waals surface area contributed by atoms with Gasteiger partial charge in [0.15, 0.2) is 0 Å². The number of aromatic nitrogens is 4. The lowest BCUT2D eigenvalue weighted by atomic mass is 10.2. The molecule has 0 radical (unpaired) electrons. The Morgan fingerprint density at radius 3 is 2.95 bits per heavy atom. The van der Waals surface area contributed by atoms with Gasteiger partial charge in [-0.2, -0.15) is 0 Å². The number of hydrogen-bond acceptors (Lipinski definition) is 7. The van der Waals surface area contributed by atoms with Crippen LogP contribution in [0.3, 0.4) is 0 Å². The van der Waals surface area contributed by atoms with E-state index in [4.69, 9.17) is 4.74 Å². The molecule has 0 aliphatic heterocycles. The molecule has 1 atom stereocenters. The molecule has 21 heavy (non-hydrogen) atoms. The molecule has 1 heterocycles. The van der Waals surface area contributed by atoms with Crippen molar-refractivity contribution >= 4 is 17.7 Å². The molecule has 1 N–H and O–H groups in total. The number of hydrogen-bond donors (Lipinski definition) is 1. The van der Waals surface area contributed by atoms with Gasteiger partial charge in [-0.1, -0.05) is 11.8 Å². The van der Waals surface area contributed by atoms with Crippen molar-refractivity contribution in [3.63, 3.8) is 0 Å². The van der Waals surface area contributed by atoms with Crippen LogP contribution in [-0.2, 0) is 9.53 Å². The second kappa shape index (κ2) is 6.74. The third-order valence-electron chi connectivity index (χ3n) is 3.58. The van der Waals surface area contributed by atoms with Crippen LogP contribution >= 0.6 is 11.8 Å². The molecule has 116 valence electrons. The van der Waals surface area contributed by atoms with Crippen LogP contribution in [0.1, 0.15) is 45.1 Å². The summed E-state index contributed by atoms with van der Waals surface area (Å²) in [4.78, 5) is 11.9. The largest absolute Gasteiger partial charge is 0.465 e. The Morgan fingerprint density at radius 1 is 1.48 bits per heavy atom. The Morgan fingerprint density at radius 2 is 2.29 bits per heavy atom. The maximum absolute atomic E-state index is 11.9. The van der Waals surface area contributed by atoms with Gasteiger partial charge in [0.05, 0.1) is 12.6 Å². The van der Waals surface area contributed by atoms with E-state index < -0.39 is 0 Å². The fraction of sp³-hybridized carbons (Fsp3) is 0.846. The molecule has 7 nitrogen and oxygen atoms in total. The number of ether oxygens (including phenoxy) is 1. The first-order chi connectivity index (χ1) is 10.3. The first-order valence-electron chi connectivity index (χ1n) is 7.61. The normalized spacial score (nSPS) is 19.5. The van der Waals surface area contributed by atoms with Crippen LogP contribution in [-0.4, -0.2) is 50.6 Å². The number of carbonyl (C=O) groups excluding carboxylic acids is 1. The van der Waals surface area contributed by atoms with Crippen LogP contribution in [0.25, 0.3) is 0 Å². The maximum Gasteiger partial charge on any atom is 0.323 e. The minimum atomic E-state index is -0.213. The van der Waals surface area contributed by atoms with Crippen molar-refractivity contribution in [1.29, 1.82) is 0 Å². The van der Waals surface area contributed by atoms with Crippen molar-refractivity contribution in [3.8, 4) is 0 Å². The number of carbonyl (C=O) groups is 1. The number of rotatable bonds is 9. The number of tetrazole rings is 1. The molecule has 2 aliphatic rings. The quantitative estimate of drug-likeness (QED) is 0.541. The molecule has 0 amide bonds. The van der Waals surface area contributed by atoms with E-state index in [-0.39, 0.29) is 12.0 Å². The summed E-state index contributed by atoms with van der Waals surface area (Å²) in [5.74, 6) is 0.655. The van der Waals surface area contributed by atoms with Gasteiger partial charge in [0.25, 0.3) is 0 Å². The molecule has 2 fully saturated rings. The number of nitrogens with zero attached hydrogens (tertiary/aromatic N) is 4. The van der Waals surface area contributed by atoms with Crippen molar-refractivity contribution in [2.75, 3.05) is 12.4 Å². The molecule has 1 unspecified atom stereocenters. The Kier molecular flexibility index (Phi) is 4.74. The first-order valence-corrected chi connectivity index (χ1v) is 8.60. The summed E-state index contributed by atoms with van der Waals surface area (Å²) in [5.41, 5.74) is 0. The van der Waals surface area contributed by atoms with Crippen LogP contribution in [0.15, 0.2) is 5.16 Å². The molecule has 0 bridgehead atoms. The SMILES string of the molecule is CCOC(=O)C(CCSc1nnnn1C1CC1)NC1CC1. The van der Waals surface area contributed by atoms with Crippen molar-refractivity contribution in [3.05, 3.63) is 0 Å².